The molecule has 1 fully saturated rings. The van der Waals surface area contributed by atoms with Gasteiger partial charge < -0.3 is 11.1 Å². The molecule has 3 aromatic rings. The predicted octanol–water partition coefficient (Wildman–Crippen LogP) is 0.299. The second-order valence-electron chi connectivity index (χ2n) is 5.92. The maximum Gasteiger partial charge on any atom is 0.252 e. The van der Waals surface area contributed by atoms with Crippen LogP contribution in [0.5, 0.6) is 0 Å². The molecule has 24 heavy (non-hydrogen) atoms. The Balaban J connectivity index is 1.40. The van der Waals surface area contributed by atoms with Crippen molar-refractivity contribution in [1.82, 2.24) is 30.7 Å². The van der Waals surface area contributed by atoms with Crippen LogP contribution in [0.25, 0.3) is 11.0 Å². The molecule has 1 aliphatic carbocycles. The highest BCUT2D eigenvalue weighted by molar-refractivity contribution is 5.97. The molecule has 5 N–H and O–H groups in total. The number of amides is 1. The lowest BCUT2D eigenvalue weighted by atomic mass is 9.78. The van der Waals surface area contributed by atoms with Crippen LogP contribution in [0, 0.1) is 0 Å². The number of hydrogen-bond donors (Lipinski definition) is 4. The average molecular weight is 325 g/mol. The van der Waals surface area contributed by atoms with E-state index in [2.05, 4.69) is 30.7 Å². The molecule has 9 nitrogen and oxygen atoms in total. The third kappa shape index (κ3) is 2.60. The summed E-state index contributed by atoms with van der Waals surface area (Å²) in [6, 6.07) is 6.68. The number of nitrogens with zero attached hydrogens (tertiary/aromatic N) is 3. The molecule has 1 aromatic carbocycles. The molecule has 0 saturated heterocycles. The summed E-state index contributed by atoms with van der Waals surface area (Å²) in [6.07, 6.45) is 1.46. The van der Waals surface area contributed by atoms with Crippen LogP contribution in [0.4, 0.5) is 5.95 Å². The zero-order chi connectivity index (χ0) is 16.7. The number of aromatic amines is 2. The number of nitrogens with two attached hydrogens (primary N) is 1. The van der Waals surface area contributed by atoms with Gasteiger partial charge in [0, 0.05) is 23.6 Å². The molecule has 122 valence electrons. The van der Waals surface area contributed by atoms with E-state index in [4.69, 9.17) is 5.73 Å². The van der Waals surface area contributed by atoms with Gasteiger partial charge in [-0.25, -0.2) is 4.98 Å². The van der Waals surface area contributed by atoms with Crippen LogP contribution in [0.1, 0.15) is 34.8 Å². The molecule has 1 saturated carbocycles. The van der Waals surface area contributed by atoms with Crippen molar-refractivity contribution in [2.45, 2.75) is 24.8 Å². The Morgan fingerprint density at radius 3 is 2.79 bits per heavy atom. The van der Waals surface area contributed by atoms with Crippen LogP contribution < -0.4 is 16.6 Å². The second-order valence-corrected chi connectivity index (χ2v) is 5.92. The van der Waals surface area contributed by atoms with E-state index in [9.17, 15) is 9.59 Å². The fourth-order valence-electron chi connectivity index (χ4n) is 2.93. The fourth-order valence-corrected chi connectivity index (χ4v) is 2.93. The van der Waals surface area contributed by atoms with Gasteiger partial charge >= 0.3 is 0 Å². The fraction of sp³-hybridized carbons (Fsp3) is 0.267. The van der Waals surface area contributed by atoms with Gasteiger partial charge in [0.15, 0.2) is 0 Å². The number of rotatable bonds is 3. The lowest BCUT2D eigenvalue weighted by Gasteiger charge is -2.35. The largest absolute Gasteiger partial charge is 0.369 e. The Labute approximate surface area is 135 Å². The molecule has 0 aliphatic heterocycles. The van der Waals surface area contributed by atoms with Crippen molar-refractivity contribution in [2.75, 3.05) is 5.73 Å². The van der Waals surface area contributed by atoms with Crippen molar-refractivity contribution >= 4 is 22.9 Å². The molecule has 0 unspecified atom stereocenters. The number of hydrogen-bond acceptors (Lipinski definition) is 6. The minimum Gasteiger partial charge on any atom is -0.369 e. The SMILES string of the molecule is Nc1nc(C2CC(NC(=O)c3ccc4n[nH]nc4c3)C2)cc(=O)[nH]1. The minimum absolute atomic E-state index is 0.0535. The van der Waals surface area contributed by atoms with E-state index >= 15 is 0 Å². The normalized spacial score (nSPS) is 19.8. The van der Waals surface area contributed by atoms with E-state index in [1.807, 2.05) is 0 Å². The first-order valence-corrected chi connectivity index (χ1v) is 7.56. The van der Waals surface area contributed by atoms with E-state index < -0.39 is 0 Å². The van der Waals surface area contributed by atoms with Crippen molar-refractivity contribution in [3.63, 3.8) is 0 Å². The number of H-pyrrole nitrogens is 2. The van der Waals surface area contributed by atoms with Crippen LogP contribution in [-0.2, 0) is 0 Å². The summed E-state index contributed by atoms with van der Waals surface area (Å²) in [6.45, 7) is 0. The standard InChI is InChI=1S/C15H15N7O2/c16-15-18-11(6-13(23)19-15)8-3-9(4-8)17-14(24)7-1-2-10-12(5-7)21-22-20-10/h1-2,5-6,8-9H,3-4H2,(H,17,24)(H,20,21,22)(H3,16,18,19,23). The topological polar surface area (TPSA) is 142 Å². The first-order chi connectivity index (χ1) is 11.6. The Kier molecular flexibility index (Phi) is 3.26. The number of nitrogen functional groups attached to an aromatic ring is 1. The quantitative estimate of drug-likeness (QED) is 0.545. The van der Waals surface area contributed by atoms with Gasteiger partial charge in [-0.2, -0.15) is 15.4 Å². The van der Waals surface area contributed by atoms with Gasteiger partial charge in [-0.05, 0) is 31.0 Å². The zero-order valence-corrected chi connectivity index (χ0v) is 12.6. The Morgan fingerprint density at radius 2 is 2.00 bits per heavy atom. The zero-order valence-electron chi connectivity index (χ0n) is 12.6. The molecule has 2 heterocycles. The number of fused-ring (bicyclic) bond motifs is 1. The molecule has 9 heteroatoms. The first kappa shape index (κ1) is 14.4. The van der Waals surface area contributed by atoms with Gasteiger partial charge in [0.05, 0.1) is 5.69 Å². The van der Waals surface area contributed by atoms with Gasteiger partial charge in [-0.1, -0.05) is 0 Å². The monoisotopic (exact) mass is 325 g/mol. The highest BCUT2D eigenvalue weighted by atomic mass is 16.1. The summed E-state index contributed by atoms with van der Waals surface area (Å²) < 4.78 is 0. The number of aromatic nitrogens is 5. The van der Waals surface area contributed by atoms with Crippen molar-refractivity contribution in [3.05, 3.63) is 45.9 Å². The Morgan fingerprint density at radius 1 is 1.21 bits per heavy atom. The van der Waals surface area contributed by atoms with Crippen LogP contribution in [0.2, 0.25) is 0 Å². The molecular weight excluding hydrogens is 310 g/mol. The molecule has 0 atom stereocenters. The van der Waals surface area contributed by atoms with E-state index in [-0.39, 0.29) is 29.4 Å². The van der Waals surface area contributed by atoms with Crippen LogP contribution in [0.3, 0.4) is 0 Å². The van der Waals surface area contributed by atoms with Crippen molar-refractivity contribution in [2.24, 2.45) is 0 Å². The van der Waals surface area contributed by atoms with E-state index in [0.29, 0.717) is 22.3 Å². The lowest BCUT2D eigenvalue weighted by molar-refractivity contribution is 0.0908. The summed E-state index contributed by atoms with van der Waals surface area (Å²) in [5.41, 5.74) is 7.87. The van der Waals surface area contributed by atoms with Crippen LogP contribution in [-0.4, -0.2) is 37.3 Å². The van der Waals surface area contributed by atoms with E-state index in [1.165, 1.54) is 6.07 Å². The average Bonchev–Trinajstić information content (AvgIpc) is 2.96. The first-order valence-electron chi connectivity index (χ1n) is 7.56. The van der Waals surface area contributed by atoms with Gasteiger partial charge in [0.2, 0.25) is 5.95 Å². The van der Waals surface area contributed by atoms with Crippen molar-refractivity contribution in [3.8, 4) is 0 Å². The second kappa shape index (κ2) is 5.44. The predicted molar refractivity (Wildman–Crippen MR) is 86.4 cm³/mol. The van der Waals surface area contributed by atoms with Crippen molar-refractivity contribution in [1.29, 1.82) is 0 Å². The van der Waals surface area contributed by atoms with Gasteiger partial charge in [-0.3, -0.25) is 14.6 Å². The Bertz CT molecular complexity index is 971. The third-order valence-electron chi connectivity index (χ3n) is 4.25. The number of nitrogens with one attached hydrogen (secondary N) is 3. The van der Waals surface area contributed by atoms with Crippen molar-refractivity contribution < 1.29 is 4.79 Å². The highest BCUT2D eigenvalue weighted by Crippen LogP contribution is 2.35. The highest BCUT2D eigenvalue weighted by Gasteiger charge is 2.33. The minimum atomic E-state index is -0.258. The van der Waals surface area contributed by atoms with Crippen LogP contribution in [0.15, 0.2) is 29.1 Å². The molecule has 1 aliphatic rings. The van der Waals surface area contributed by atoms with Gasteiger partial charge in [0.1, 0.15) is 11.0 Å². The Hall–Kier alpha value is -3.23. The third-order valence-corrected chi connectivity index (χ3v) is 4.25. The molecule has 0 spiro atoms. The van der Waals surface area contributed by atoms with Crippen LogP contribution >= 0.6 is 0 Å². The van der Waals surface area contributed by atoms with E-state index in [1.54, 1.807) is 18.2 Å². The number of anilines is 1. The number of carbonyl (C=O) groups is 1. The lowest BCUT2D eigenvalue weighted by Crippen LogP contribution is -2.43. The molecule has 0 bridgehead atoms. The summed E-state index contributed by atoms with van der Waals surface area (Å²) >= 11 is 0. The van der Waals surface area contributed by atoms with E-state index in [0.717, 1.165) is 12.8 Å². The molecule has 4 rings (SSSR count). The maximum atomic E-state index is 12.3. The summed E-state index contributed by atoms with van der Waals surface area (Å²) in [7, 11) is 0. The van der Waals surface area contributed by atoms with Gasteiger partial charge in [-0.15, -0.1) is 0 Å². The smallest absolute Gasteiger partial charge is 0.252 e. The molecule has 0 radical (unpaired) electrons. The summed E-state index contributed by atoms with van der Waals surface area (Å²) in [5, 5.41) is 13.4. The molecule has 2 aromatic heterocycles. The molecule has 1 amide bonds. The summed E-state index contributed by atoms with van der Waals surface area (Å²) in [4.78, 5) is 30.3. The molecular formula is C15H15N7O2. The maximum absolute atomic E-state index is 12.3. The number of carbonyl (C=O) groups excluding carboxylic acids is 1. The summed E-state index contributed by atoms with van der Waals surface area (Å²) in [5.74, 6) is 0.102. The van der Waals surface area contributed by atoms with Gasteiger partial charge in [0.25, 0.3) is 11.5 Å². The number of benzene rings is 1.